The lowest BCUT2D eigenvalue weighted by Gasteiger charge is -1.95. The molecule has 1 aromatic rings. The first kappa shape index (κ1) is 5.82. The van der Waals surface area contributed by atoms with E-state index in [1.54, 1.807) is 23.2 Å². The molecule has 0 aliphatic heterocycles. The Morgan fingerprint density at radius 2 is 2.44 bits per heavy atom. The number of aromatic nitrogens is 2. The fraction of sp³-hybridized carbons (Fsp3) is 0. The van der Waals surface area contributed by atoms with Crippen LogP contribution in [0.4, 0.5) is 0 Å². The largest absolute Gasteiger partial charge is 0.307 e. The lowest BCUT2D eigenvalue weighted by atomic mass is 10.5. The molecule has 0 fully saturated rings. The molecule has 1 heterocycles. The minimum Gasteiger partial charge on any atom is -0.307 e. The van der Waals surface area contributed by atoms with Crippen molar-refractivity contribution in [2.24, 2.45) is 0 Å². The number of hydrogen-bond donors (Lipinski definition) is 0. The summed E-state index contributed by atoms with van der Waals surface area (Å²) >= 11 is 0. The second-order valence-electron chi connectivity index (χ2n) is 1.67. The van der Waals surface area contributed by atoms with E-state index in [1.165, 1.54) is 0 Å². The van der Waals surface area contributed by atoms with Crippen LogP contribution in [0.1, 0.15) is 0 Å². The van der Waals surface area contributed by atoms with Gasteiger partial charge in [0.05, 0.1) is 6.33 Å². The molecule has 0 aliphatic carbocycles. The Labute approximate surface area is 54.2 Å². The molecule has 0 saturated heterocycles. The van der Waals surface area contributed by atoms with E-state index in [0.717, 1.165) is 5.70 Å². The highest BCUT2D eigenvalue weighted by Gasteiger charge is 1.86. The van der Waals surface area contributed by atoms with Gasteiger partial charge in [0.25, 0.3) is 0 Å². The van der Waals surface area contributed by atoms with E-state index in [4.69, 9.17) is 0 Å². The molecule has 0 amide bonds. The average molecular weight is 120 g/mol. The highest BCUT2D eigenvalue weighted by atomic mass is 15.0. The Morgan fingerprint density at radius 1 is 1.67 bits per heavy atom. The third-order valence-electron chi connectivity index (χ3n) is 1.07. The molecule has 0 atom stereocenters. The molecule has 1 rings (SSSR count). The molecule has 2 nitrogen and oxygen atoms in total. The van der Waals surface area contributed by atoms with Crippen LogP contribution in [0.15, 0.2) is 38.0 Å². The van der Waals surface area contributed by atoms with Crippen molar-refractivity contribution in [2.45, 2.75) is 0 Å². The summed E-state index contributed by atoms with van der Waals surface area (Å²) in [5, 5.41) is 0. The van der Waals surface area contributed by atoms with Crippen molar-refractivity contribution in [1.82, 2.24) is 9.55 Å². The van der Waals surface area contributed by atoms with Crippen molar-refractivity contribution in [1.29, 1.82) is 0 Å². The van der Waals surface area contributed by atoms with Crippen LogP contribution in [0, 0.1) is 0 Å². The van der Waals surface area contributed by atoms with E-state index in [0.29, 0.717) is 0 Å². The van der Waals surface area contributed by atoms with E-state index in [-0.39, 0.29) is 0 Å². The minimum absolute atomic E-state index is 0.840. The van der Waals surface area contributed by atoms with Gasteiger partial charge in [-0.15, -0.1) is 0 Å². The van der Waals surface area contributed by atoms with Gasteiger partial charge in [-0.1, -0.05) is 13.2 Å². The van der Waals surface area contributed by atoms with Crippen molar-refractivity contribution >= 4 is 5.70 Å². The Balaban J connectivity index is 2.89. The molecule has 1 aromatic heterocycles. The van der Waals surface area contributed by atoms with Gasteiger partial charge in [-0.05, 0) is 6.08 Å². The number of allylic oxidation sites excluding steroid dienone is 2. The maximum Gasteiger partial charge on any atom is 0.0991 e. The third kappa shape index (κ3) is 1.08. The summed E-state index contributed by atoms with van der Waals surface area (Å²) in [6.45, 7) is 7.29. The van der Waals surface area contributed by atoms with Gasteiger partial charge in [0.2, 0.25) is 0 Å². The molecule has 0 N–H and O–H groups in total. The molecule has 0 aromatic carbocycles. The number of imidazole rings is 1. The van der Waals surface area contributed by atoms with Gasteiger partial charge in [-0.2, -0.15) is 0 Å². The first-order valence-electron chi connectivity index (χ1n) is 2.64. The van der Waals surface area contributed by atoms with Gasteiger partial charge in [-0.3, -0.25) is 0 Å². The van der Waals surface area contributed by atoms with Crippen LogP contribution in [0.3, 0.4) is 0 Å². The zero-order chi connectivity index (χ0) is 6.69. The zero-order valence-corrected chi connectivity index (χ0v) is 5.12. The second-order valence-corrected chi connectivity index (χ2v) is 1.67. The quantitative estimate of drug-likeness (QED) is 0.541. The lowest BCUT2D eigenvalue weighted by Crippen LogP contribution is -1.85. The van der Waals surface area contributed by atoms with Crippen molar-refractivity contribution in [2.75, 3.05) is 0 Å². The lowest BCUT2D eigenvalue weighted by molar-refractivity contribution is 1.11. The predicted octanol–water partition coefficient (Wildman–Crippen LogP) is 1.54. The molecular weight excluding hydrogens is 112 g/mol. The second kappa shape index (κ2) is 2.31. The van der Waals surface area contributed by atoms with Crippen LogP contribution >= 0.6 is 0 Å². The summed E-state index contributed by atoms with van der Waals surface area (Å²) in [6, 6.07) is 0. The summed E-state index contributed by atoms with van der Waals surface area (Å²) < 4.78 is 1.80. The average Bonchev–Trinajstić information content (AvgIpc) is 2.37. The van der Waals surface area contributed by atoms with Gasteiger partial charge in [-0.25, -0.2) is 4.98 Å². The van der Waals surface area contributed by atoms with Crippen LogP contribution in [-0.2, 0) is 0 Å². The van der Waals surface area contributed by atoms with Crippen LogP contribution in [0.25, 0.3) is 5.70 Å². The third-order valence-corrected chi connectivity index (χ3v) is 1.07. The normalized spacial score (nSPS) is 8.89. The van der Waals surface area contributed by atoms with Crippen molar-refractivity contribution in [3.8, 4) is 0 Å². The molecule has 2 heteroatoms. The van der Waals surface area contributed by atoms with Gasteiger partial charge in [0.1, 0.15) is 0 Å². The molecule has 0 saturated carbocycles. The van der Waals surface area contributed by atoms with Crippen molar-refractivity contribution in [3.63, 3.8) is 0 Å². The van der Waals surface area contributed by atoms with Gasteiger partial charge < -0.3 is 4.57 Å². The monoisotopic (exact) mass is 120 g/mol. The topological polar surface area (TPSA) is 17.8 Å². The fourth-order valence-electron chi connectivity index (χ4n) is 0.534. The van der Waals surface area contributed by atoms with Crippen LogP contribution in [-0.4, -0.2) is 9.55 Å². The Bertz CT molecular complexity index is 209. The Kier molecular flexibility index (Phi) is 1.49. The summed E-state index contributed by atoms with van der Waals surface area (Å²) in [6.07, 6.45) is 6.89. The fourth-order valence-corrected chi connectivity index (χ4v) is 0.534. The van der Waals surface area contributed by atoms with Crippen molar-refractivity contribution < 1.29 is 0 Å². The molecule has 0 spiro atoms. The summed E-state index contributed by atoms with van der Waals surface area (Å²) in [7, 11) is 0. The van der Waals surface area contributed by atoms with E-state index in [2.05, 4.69) is 18.1 Å². The Hall–Kier alpha value is -1.31. The maximum atomic E-state index is 3.85. The smallest absolute Gasteiger partial charge is 0.0991 e. The first-order chi connectivity index (χ1) is 4.34. The van der Waals surface area contributed by atoms with Gasteiger partial charge in [0.15, 0.2) is 0 Å². The number of hydrogen-bond acceptors (Lipinski definition) is 1. The van der Waals surface area contributed by atoms with Gasteiger partial charge >= 0.3 is 0 Å². The molecule has 0 unspecified atom stereocenters. The molecule has 0 radical (unpaired) electrons. The molecule has 0 aliphatic rings. The summed E-state index contributed by atoms with van der Waals surface area (Å²) in [5.74, 6) is 0. The van der Waals surface area contributed by atoms with Crippen LogP contribution < -0.4 is 0 Å². The summed E-state index contributed by atoms with van der Waals surface area (Å²) in [5.41, 5.74) is 0.840. The maximum absolute atomic E-state index is 3.85. The molecule has 46 valence electrons. The standard InChI is InChI=1S/C7H8N2/c1-3-7(2)9-5-4-8-6-9/h3-6H,1-2H2. The van der Waals surface area contributed by atoms with Crippen molar-refractivity contribution in [3.05, 3.63) is 38.0 Å². The molecule has 0 bridgehead atoms. The highest BCUT2D eigenvalue weighted by molar-refractivity contribution is 5.52. The van der Waals surface area contributed by atoms with Crippen LogP contribution in [0.5, 0.6) is 0 Å². The molecular formula is C7H8N2. The predicted molar refractivity (Wildman–Crippen MR) is 37.8 cm³/mol. The van der Waals surface area contributed by atoms with Gasteiger partial charge in [0, 0.05) is 18.1 Å². The van der Waals surface area contributed by atoms with E-state index in [1.807, 2.05) is 6.20 Å². The zero-order valence-electron chi connectivity index (χ0n) is 5.12. The van der Waals surface area contributed by atoms with E-state index < -0.39 is 0 Å². The first-order valence-corrected chi connectivity index (χ1v) is 2.64. The van der Waals surface area contributed by atoms with E-state index >= 15 is 0 Å². The minimum atomic E-state index is 0.840. The van der Waals surface area contributed by atoms with E-state index in [9.17, 15) is 0 Å². The SMILES string of the molecule is C=CC(=C)n1ccnc1. The number of nitrogens with zero attached hydrogens (tertiary/aromatic N) is 2. The summed E-state index contributed by atoms with van der Waals surface area (Å²) in [4.78, 5) is 3.85. The molecule has 9 heavy (non-hydrogen) atoms. The highest BCUT2D eigenvalue weighted by Crippen LogP contribution is 1.98. The number of rotatable bonds is 2. The Morgan fingerprint density at radius 3 is 2.89 bits per heavy atom. The van der Waals surface area contributed by atoms with Crippen LogP contribution in [0.2, 0.25) is 0 Å².